The molecule has 0 atom stereocenters. The average molecular weight is 318 g/mol. The molecule has 3 rings (SSSR count). The second-order valence-electron chi connectivity index (χ2n) is 8.10. The largest absolute Gasteiger partial charge is 0.495 e. The molecule has 2 fully saturated rings. The van der Waals surface area contributed by atoms with Crippen LogP contribution in [0.1, 0.15) is 33.3 Å². The minimum Gasteiger partial charge on any atom is -0.495 e. The highest BCUT2D eigenvalue weighted by atomic mass is 16.5. The first kappa shape index (κ1) is 16.6. The van der Waals surface area contributed by atoms with E-state index in [0.29, 0.717) is 0 Å². The van der Waals surface area contributed by atoms with Crippen LogP contribution in [-0.4, -0.2) is 56.9 Å². The van der Waals surface area contributed by atoms with Crippen LogP contribution in [0.25, 0.3) is 0 Å². The van der Waals surface area contributed by atoms with E-state index in [4.69, 9.17) is 9.47 Å². The van der Waals surface area contributed by atoms with E-state index >= 15 is 0 Å². The zero-order chi connectivity index (χ0) is 16.7. The Kier molecular flexibility index (Phi) is 4.32. The normalized spacial score (nSPS) is 21.9. The molecule has 128 valence electrons. The Morgan fingerprint density at radius 3 is 2.22 bits per heavy atom. The van der Waals surface area contributed by atoms with Gasteiger partial charge in [0, 0.05) is 26.2 Å². The van der Waals surface area contributed by atoms with Crippen molar-refractivity contribution in [1.82, 2.24) is 4.90 Å². The van der Waals surface area contributed by atoms with Gasteiger partial charge in [-0.15, -0.1) is 0 Å². The Labute approximate surface area is 140 Å². The fraction of sp³-hybridized carbons (Fsp3) is 0.684. The summed E-state index contributed by atoms with van der Waals surface area (Å²) in [4.78, 5) is 5.02. The molecular weight excluding hydrogens is 288 g/mol. The lowest BCUT2D eigenvalue weighted by molar-refractivity contribution is -0.131. The lowest BCUT2D eigenvalue weighted by atomic mass is 9.87. The summed E-state index contributed by atoms with van der Waals surface area (Å²) >= 11 is 0. The van der Waals surface area contributed by atoms with Crippen LogP contribution in [0.3, 0.4) is 0 Å². The molecule has 1 aromatic carbocycles. The Balaban J connectivity index is 1.73. The number of methoxy groups -OCH3 is 1. The zero-order valence-electron chi connectivity index (χ0n) is 15.2. The Morgan fingerprint density at radius 2 is 1.74 bits per heavy atom. The van der Waals surface area contributed by atoms with Crippen LogP contribution in [0.2, 0.25) is 0 Å². The molecule has 4 heteroatoms. The van der Waals surface area contributed by atoms with Crippen LogP contribution in [0.15, 0.2) is 18.2 Å². The Morgan fingerprint density at radius 1 is 1.09 bits per heavy atom. The van der Waals surface area contributed by atoms with Gasteiger partial charge in [0.25, 0.3) is 0 Å². The standard InChI is InChI=1S/C19H30N2O2/c1-18(2,3)15-6-7-16(17(12-15)22-5)20-8-10-21(11-9-20)19(4)13-23-14-19/h6-7,12H,8-11,13-14H2,1-5H3. The molecule has 23 heavy (non-hydrogen) atoms. The maximum Gasteiger partial charge on any atom is 0.142 e. The predicted octanol–water partition coefficient (Wildman–Crippen LogP) is 2.90. The molecule has 4 nitrogen and oxygen atoms in total. The van der Waals surface area contributed by atoms with Gasteiger partial charge in [0.15, 0.2) is 0 Å². The summed E-state index contributed by atoms with van der Waals surface area (Å²) in [6.07, 6.45) is 0. The van der Waals surface area contributed by atoms with Gasteiger partial charge >= 0.3 is 0 Å². The number of ether oxygens (including phenoxy) is 2. The molecule has 0 amide bonds. The highest BCUT2D eigenvalue weighted by molar-refractivity contribution is 5.60. The first-order valence-corrected chi connectivity index (χ1v) is 8.60. The third-order valence-electron chi connectivity index (χ3n) is 5.26. The minimum atomic E-state index is 0.142. The summed E-state index contributed by atoms with van der Waals surface area (Å²) in [6, 6.07) is 6.66. The number of hydrogen-bond acceptors (Lipinski definition) is 4. The van der Waals surface area contributed by atoms with Crippen LogP contribution in [0, 0.1) is 0 Å². The van der Waals surface area contributed by atoms with Crippen LogP contribution in [0.5, 0.6) is 5.75 Å². The number of nitrogens with zero attached hydrogens (tertiary/aromatic N) is 2. The van der Waals surface area contributed by atoms with Gasteiger partial charge < -0.3 is 14.4 Å². The summed E-state index contributed by atoms with van der Waals surface area (Å²) < 4.78 is 11.1. The van der Waals surface area contributed by atoms with E-state index in [1.54, 1.807) is 7.11 Å². The molecule has 0 spiro atoms. The number of piperazine rings is 1. The average Bonchev–Trinajstić information content (AvgIpc) is 2.51. The van der Waals surface area contributed by atoms with Gasteiger partial charge in [-0.25, -0.2) is 0 Å². The molecule has 0 radical (unpaired) electrons. The van der Waals surface area contributed by atoms with Gasteiger partial charge in [0.2, 0.25) is 0 Å². The van der Waals surface area contributed by atoms with Crippen molar-refractivity contribution in [2.45, 2.75) is 38.6 Å². The molecule has 2 aliphatic heterocycles. The van der Waals surface area contributed by atoms with E-state index < -0.39 is 0 Å². The number of hydrogen-bond donors (Lipinski definition) is 0. The highest BCUT2D eigenvalue weighted by Crippen LogP contribution is 2.35. The predicted molar refractivity (Wildman–Crippen MR) is 94.7 cm³/mol. The molecule has 0 unspecified atom stereocenters. The molecule has 2 aliphatic rings. The fourth-order valence-electron chi connectivity index (χ4n) is 3.47. The van der Waals surface area contributed by atoms with E-state index in [9.17, 15) is 0 Å². The molecule has 0 aliphatic carbocycles. The van der Waals surface area contributed by atoms with Crippen LogP contribution >= 0.6 is 0 Å². The van der Waals surface area contributed by atoms with Gasteiger partial charge in [-0.05, 0) is 30.0 Å². The molecular formula is C19H30N2O2. The second-order valence-corrected chi connectivity index (χ2v) is 8.10. The number of benzene rings is 1. The molecule has 2 saturated heterocycles. The summed E-state index contributed by atoms with van der Waals surface area (Å²) in [5.41, 5.74) is 2.93. The van der Waals surface area contributed by atoms with Crippen molar-refractivity contribution < 1.29 is 9.47 Å². The summed E-state index contributed by atoms with van der Waals surface area (Å²) in [6.45, 7) is 15.0. The van der Waals surface area contributed by atoms with Crippen molar-refractivity contribution in [2.75, 3.05) is 51.4 Å². The van der Waals surface area contributed by atoms with Crippen molar-refractivity contribution in [3.05, 3.63) is 23.8 Å². The van der Waals surface area contributed by atoms with Crippen molar-refractivity contribution >= 4 is 5.69 Å². The van der Waals surface area contributed by atoms with Crippen LogP contribution in [-0.2, 0) is 10.2 Å². The number of anilines is 1. The van der Waals surface area contributed by atoms with E-state index in [-0.39, 0.29) is 11.0 Å². The van der Waals surface area contributed by atoms with Gasteiger partial charge in [-0.2, -0.15) is 0 Å². The second kappa shape index (κ2) is 5.99. The zero-order valence-corrected chi connectivity index (χ0v) is 15.2. The van der Waals surface area contributed by atoms with E-state index in [1.165, 1.54) is 11.3 Å². The third kappa shape index (κ3) is 3.20. The smallest absolute Gasteiger partial charge is 0.142 e. The summed E-state index contributed by atoms with van der Waals surface area (Å²) in [5, 5.41) is 0. The third-order valence-corrected chi connectivity index (χ3v) is 5.26. The maximum absolute atomic E-state index is 5.69. The first-order chi connectivity index (χ1) is 10.8. The lowest BCUT2D eigenvalue weighted by Crippen LogP contribution is -2.64. The molecule has 2 heterocycles. The molecule has 0 N–H and O–H groups in total. The van der Waals surface area contributed by atoms with Crippen molar-refractivity contribution in [3.63, 3.8) is 0 Å². The SMILES string of the molecule is COc1cc(C(C)(C)C)ccc1N1CCN(C2(C)COC2)CC1. The number of rotatable bonds is 3. The fourth-order valence-corrected chi connectivity index (χ4v) is 3.47. The first-order valence-electron chi connectivity index (χ1n) is 8.60. The van der Waals surface area contributed by atoms with Crippen molar-refractivity contribution in [2.24, 2.45) is 0 Å². The quantitative estimate of drug-likeness (QED) is 0.855. The van der Waals surface area contributed by atoms with E-state index in [0.717, 1.165) is 45.1 Å². The molecule has 1 aromatic rings. The van der Waals surface area contributed by atoms with Gasteiger partial charge in [0.05, 0.1) is 31.5 Å². The Hall–Kier alpha value is -1.26. The Bertz CT molecular complexity index is 553. The summed E-state index contributed by atoms with van der Waals surface area (Å²) in [7, 11) is 1.77. The minimum absolute atomic E-state index is 0.142. The molecule has 0 saturated carbocycles. The maximum atomic E-state index is 5.69. The van der Waals surface area contributed by atoms with Gasteiger partial charge in [-0.3, -0.25) is 4.90 Å². The van der Waals surface area contributed by atoms with Crippen LogP contribution in [0.4, 0.5) is 5.69 Å². The molecule has 0 bridgehead atoms. The van der Waals surface area contributed by atoms with E-state index in [1.807, 2.05) is 0 Å². The van der Waals surface area contributed by atoms with Crippen LogP contribution < -0.4 is 9.64 Å². The van der Waals surface area contributed by atoms with Crippen molar-refractivity contribution in [1.29, 1.82) is 0 Å². The highest BCUT2D eigenvalue weighted by Gasteiger charge is 2.40. The van der Waals surface area contributed by atoms with Crippen molar-refractivity contribution in [3.8, 4) is 5.75 Å². The molecule has 0 aromatic heterocycles. The van der Waals surface area contributed by atoms with Gasteiger partial charge in [0.1, 0.15) is 5.75 Å². The topological polar surface area (TPSA) is 24.9 Å². The summed E-state index contributed by atoms with van der Waals surface area (Å²) in [5.74, 6) is 0.990. The lowest BCUT2D eigenvalue weighted by Gasteiger charge is -2.50. The van der Waals surface area contributed by atoms with E-state index in [2.05, 4.69) is 55.7 Å². The van der Waals surface area contributed by atoms with Gasteiger partial charge in [-0.1, -0.05) is 26.8 Å². The monoisotopic (exact) mass is 318 g/mol.